The fourth-order valence-corrected chi connectivity index (χ4v) is 3.75. The summed E-state index contributed by atoms with van der Waals surface area (Å²) in [6.07, 6.45) is 6.66. The number of nitrogens with one attached hydrogen (secondary N) is 1. The van der Waals surface area contributed by atoms with Crippen molar-refractivity contribution in [3.63, 3.8) is 0 Å². The van der Waals surface area contributed by atoms with Gasteiger partial charge in [0, 0.05) is 26.2 Å². The van der Waals surface area contributed by atoms with Crippen LogP contribution < -0.4 is 5.32 Å². The van der Waals surface area contributed by atoms with Crippen LogP contribution in [0.1, 0.15) is 52.9 Å². The highest BCUT2D eigenvalue weighted by Gasteiger charge is 2.20. The van der Waals surface area contributed by atoms with E-state index in [0.717, 1.165) is 30.9 Å². The van der Waals surface area contributed by atoms with E-state index >= 15 is 0 Å². The number of piperidine rings is 2. The average molecular weight is 436 g/mol. The molecule has 0 amide bonds. The summed E-state index contributed by atoms with van der Waals surface area (Å²) < 4.78 is 0. The molecule has 1 atom stereocenters. The van der Waals surface area contributed by atoms with E-state index in [4.69, 9.17) is 4.99 Å². The summed E-state index contributed by atoms with van der Waals surface area (Å²) in [6.45, 7) is 14.9. The number of hydrogen-bond donors (Lipinski definition) is 1. The first kappa shape index (κ1) is 21.0. The van der Waals surface area contributed by atoms with E-state index in [1.165, 1.54) is 64.8 Å². The average Bonchev–Trinajstić information content (AvgIpc) is 2.54. The highest BCUT2D eigenvalue weighted by molar-refractivity contribution is 14.0. The van der Waals surface area contributed by atoms with Gasteiger partial charge in [0.1, 0.15) is 0 Å². The second-order valence-electron chi connectivity index (χ2n) is 7.10. The highest BCUT2D eigenvalue weighted by Crippen LogP contribution is 2.20. The molecule has 0 aromatic rings. The van der Waals surface area contributed by atoms with Gasteiger partial charge >= 0.3 is 0 Å². The van der Waals surface area contributed by atoms with Crippen LogP contribution in [0, 0.1) is 11.8 Å². The van der Waals surface area contributed by atoms with Crippen molar-refractivity contribution < 1.29 is 0 Å². The first-order valence-electron chi connectivity index (χ1n) is 9.48. The summed E-state index contributed by atoms with van der Waals surface area (Å²) in [5.74, 6) is 2.84. The summed E-state index contributed by atoms with van der Waals surface area (Å²) in [5, 5.41) is 3.49. The van der Waals surface area contributed by atoms with E-state index < -0.39 is 0 Å². The second-order valence-corrected chi connectivity index (χ2v) is 7.10. The van der Waals surface area contributed by atoms with E-state index in [0.29, 0.717) is 0 Å². The topological polar surface area (TPSA) is 30.9 Å². The van der Waals surface area contributed by atoms with Crippen molar-refractivity contribution in [2.75, 3.05) is 45.8 Å². The van der Waals surface area contributed by atoms with Gasteiger partial charge in [-0.3, -0.25) is 4.99 Å². The largest absolute Gasteiger partial charge is 0.357 e. The molecule has 0 saturated carbocycles. The van der Waals surface area contributed by atoms with Gasteiger partial charge in [-0.2, -0.15) is 0 Å². The SMILES string of the molecule is CCNC(=NCCC1CCN(CC)CC1)N1CCCC(C)C1.I. The third kappa shape index (κ3) is 7.16. The molecule has 2 aliphatic rings. The van der Waals surface area contributed by atoms with Crippen LogP contribution in [-0.4, -0.2) is 61.6 Å². The van der Waals surface area contributed by atoms with Crippen LogP contribution >= 0.6 is 24.0 Å². The Kier molecular flexibility index (Phi) is 10.5. The number of aliphatic imine (C=N–C) groups is 1. The minimum absolute atomic E-state index is 0. The Morgan fingerprint density at radius 3 is 2.48 bits per heavy atom. The highest BCUT2D eigenvalue weighted by atomic mass is 127. The Hall–Kier alpha value is -0.0400. The lowest BCUT2D eigenvalue weighted by Gasteiger charge is -2.34. The fourth-order valence-electron chi connectivity index (χ4n) is 3.75. The molecule has 0 aromatic carbocycles. The maximum absolute atomic E-state index is 4.92. The lowest BCUT2D eigenvalue weighted by molar-refractivity contribution is 0.188. The Labute approximate surface area is 160 Å². The Bertz CT molecular complexity index is 340. The monoisotopic (exact) mass is 436 g/mol. The molecular weight excluding hydrogens is 399 g/mol. The molecule has 2 fully saturated rings. The zero-order chi connectivity index (χ0) is 15.8. The van der Waals surface area contributed by atoms with Crippen molar-refractivity contribution in [2.24, 2.45) is 16.8 Å². The minimum atomic E-state index is 0. The maximum atomic E-state index is 4.92. The zero-order valence-electron chi connectivity index (χ0n) is 15.4. The molecule has 2 saturated heterocycles. The summed E-state index contributed by atoms with van der Waals surface area (Å²) in [5.41, 5.74) is 0. The van der Waals surface area contributed by atoms with Gasteiger partial charge in [-0.15, -0.1) is 24.0 Å². The molecule has 1 N–H and O–H groups in total. The van der Waals surface area contributed by atoms with E-state index in [1.54, 1.807) is 0 Å². The van der Waals surface area contributed by atoms with Crippen LogP contribution in [0.2, 0.25) is 0 Å². The quantitative estimate of drug-likeness (QED) is 0.407. The standard InChI is InChI=1S/C18H36N4.HI/c1-4-19-18(22-12-6-7-16(3)15-22)20-11-8-17-9-13-21(5-2)14-10-17;/h16-17H,4-15H2,1-3H3,(H,19,20);1H. The van der Waals surface area contributed by atoms with E-state index in [-0.39, 0.29) is 24.0 Å². The molecule has 0 radical (unpaired) electrons. The maximum Gasteiger partial charge on any atom is 0.193 e. The normalized spacial score (nSPS) is 24.4. The first-order valence-corrected chi connectivity index (χ1v) is 9.48. The zero-order valence-corrected chi connectivity index (χ0v) is 17.7. The molecule has 0 aliphatic carbocycles. The summed E-state index contributed by atoms with van der Waals surface area (Å²) in [6, 6.07) is 0. The van der Waals surface area contributed by atoms with E-state index in [9.17, 15) is 0 Å². The van der Waals surface area contributed by atoms with Crippen LogP contribution in [0.25, 0.3) is 0 Å². The van der Waals surface area contributed by atoms with Crippen LogP contribution in [0.5, 0.6) is 0 Å². The molecule has 136 valence electrons. The summed E-state index contributed by atoms with van der Waals surface area (Å²) in [4.78, 5) is 9.96. The number of nitrogens with zero attached hydrogens (tertiary/aromatic N) is 3. The first-order chi connectivity index (χ1) is 10.7. The predicted octanol–water partition coefficient (Wildman–Crippen LogP) is 3.42. The number of likely N-dealkylation sites (tertiary alicyclic amines) is 2. The Morgan fingerprint density at radius 1 is 1.13 bits per heavy atom. The van der Waals surface area contributed by atoms with Gasteiger partial charge < -0.3 is 15.1 Å². The Morgan fingerprint density at radius 2 is 1.87 bits per heavy atom. The van der Waals surface area contributed by atoms with Crippen LogP contribution in [-0.2, 0) is 0 Å². The molecule has 2 aliphatic heterocycles. The van der Waals surface area contributed by atoms with Crippen LogP contribution in [0.4, 0.5) is 0 Å². The summed E-state index contributed by atoms with van der Waals surface area (Å²) >= 11 is 0. The van der Waals surface area contributed by atoms with Gasteiger partial charge in [0.2, 0.25) is 0 Å². The Balaban J connectivity index is 0.00000264. The minimum Gasteiger partial charge on any atom is -0.357 e. The van der Waals surface area contributed by atoms with E-state index in [1.807, 2.05) is 0 Å². The number of hydrogen-bond acceptors (Lipinski definition) is 2. The predicted molar refractivity (Wildman–Crippen MR) is 111 cm³/mol. The van der Waals surface area contributed by atoms with Crippen molar-refractivity contribution >= 4 is 29.9 Å². The van der Waals surface area contributed by atoms with Crippen LogP contribution in [0.15, 0.2) is 4.99 Å². The van der Waals surface area contributed by atoms with Gasteiger partial charge in [0.15, 0.2) is 5.96 Å². The van der Waals surface area contributed by atoms with Gasteiger partial charge in [0.25, 0.3) is 0 Å². The van der Waals surface area contributed by atoms with E-state index in [2.05, 4.69) is 35.9 Å². The molecule has 2 rings (SSSR count). The molecular formula is C18H37IN4. The molecule has 4 nitrogen and oxygen atoms in total. The second kappa shape index (κ2) is 11.5. The van der Waals surface area contributed by atoms with Gasteiger partial charge in [-0.25, -0.2) is 0 Å². The third-order valence-electron chi connectivity index (χ3n) is 5.24. The third-order valence-corrected chi connectivity index (χ3v) is 5.24. The van der Waals surface area contributed by atoms with Crippen molar-refractivity contribution in [3.05, 3.63) is 0 Å². The molecule has 0 bridgehead atoms. The van der Waals surface area contributed by atoms with Crippen LogP contribution in [0.3, 0.4) is 0 Å². The molecule has 2 heterocycles. The van der Waals surface area contributed by atoms with Crippen molar-refractivity contribution in [1.82, 2.24) is 15.1 Å². The smallest absolute Gasteiger partial charge is 0.193 e. The van der Waals surface area contributed by atoms with Gasteiger partial charge in [-0.1, -0.05) is 13.8 Å². The number of guanidine groups is 1. The number of halogens is 1. The van der Waals surface area contributed by atoms with Crippen molar-refractivity contribution in [3.8, 4) is 0 Å². The molecule has 0 aromatic heterocycles. The lowest BCUT2D eigenvalue weighted by atomic mass is 9.94. The number of rotatable bonds is 5. The molecule has 5 heteroatoms. The summed E-state index contributed by atoms with van der Waals surface area (Å²) in [7, 11) is 0. The van der Waals surface area contributed by atoms with Gasteiger partial charge in [0.05, 0.1) is 0 Å². The molecule has 1 unspecified atom stereocenters. The van der Waals surface area contributed by atoms with Gasteiger partial charge in [-0.05, 0) is 70.5 Å². The van der Waals surface area contributed by atoms with Crippen molar-refractivity contribution in [1.29, 1.82) is 0 Å². The molecule has 0 spiro atoms. The molecule has 23 heavy (non-hydrogen) atoms. The lowest BCUT2D eigenvalue weighted by Crippen LogP contribution is -2.46. The fraction of sp³-hybridized carbons (Fsp3) is 0.944. The van der Waals surface area contributed by atoms with Crippen molar-refractivity contribution in [2.45, 2.75) is 52.9 Å².